The molecule has 0 saturated carbocycles. The monoisotopic (exact) mass is 272 g/mol. The maximum absolute atomic E-state index is 11.9. The molecular formula is C13H18F2N2O2. The molecule has 106 valence electrons. The molecule has 0 aliphatic heterocycles. The number of hydrogen-bond acceptors (Lipinski definition) is 3. The number of amides is 1. The van der Waals surface area contributed by atoms with Gasteiger partial charge in [0.15, 0.2) is 11.6 Å². The zero-order valence-electron chi connectivity index (χ0n) is 11.0. The summed E-state index contributed by atoms with van der Waals surface area (Å²) in [6.07, 6.45) is 1.30. The molecule has 0 spiro atoms. The van der Waals surface area contributed by atoms with Gasteiger partial charge in [-0.05, 0) is 19.2 Å². The largest absolute Gasteiger partial charge is 0.379 e. The number of nitrogens with zero attached hydrogens (tertiary/aromatic N) is 1. The quantitative estimate of drug-likeness (QED) is 0.634. The number of hydrogen-bond donors (Lipinski definition) is 1. The summed E-state index contributed by atoms with van der Waals surface area (Å²) in [5, 5.41) is 2.96. The number of benzene rings is 1. The van der Waals surface area contributed by atoms with Crippen LogP contribution in [0.15, 0.2) is 29.3 Å². The van der Waals surface area contributed by atoms with Gasteiger partial charge in [0.05, 0.1) is 6.61 Å². The second kappa shape index (κ2) is 11.4. The van der Waals surface area contributed by atoms with E-state index < -0.39 is 11.6 Å². The smallest absolute Gasteiger partial charge is 0.232 e. The van der Waals surface area contributed by atoms with E-state index in [4.69, 9.17) is 4.74 Å². The minimum absolute atomic E-state index is 0.431. The highest BCUT2D eigenvalue weighted by Crippen LogP contribution is 2.01. The van der Waals surface area contributed by atoms with Gasteiger partial charge in [0, 0.05) is 25.8 Å². The summed E-state index contributed by atoms with van der Waals surface area (Å²) >= 11 is 0. The van der Waals surface area contributed by atoms with Crippen LogP contribution in [0.5, 0.6) is 0 Å². The molecule has 0 fully saturated rings. The summed E-state index contributed by atoms with van der Waals surface area (Å²) in [6.45, 7) is 1.25. The minimum Gasteiger partial charge on any atom is -0.379 e. The maximum atomic E-state index is 11.9. The fourth-order valence-electron chi connectivity index (χ4n) is 1.12. The van der Waals surface area contributed by atoms with Crippen molar-refractivity contribution in [1.29, 1.82) is 0 Å². The van der Waals surface area contributed by atoms with Gasteiger partial charge >= 0.3 is 0 Å². The van der Waals surface area contributed by atoms with E-state index in [1.165, 1.54) is 12.1 Å². The molecule has 0 radical (unpaired) electrons. The fraction of sp³-hybridized carbons (Fsp3) is 0.385. The Kier molecular flexibility index (Phi) is 10.4. The molecule has 19 heavy (non-hydrogen) atoms. The van der Waals surface area contributed by atoms with Gasteiger partial charge in [-0.25, -0.2) is 13.8 Å². The Morgan fingerprint density at radius 1 is 1.37 bits per heavy atom. The average molecular weight is 272 g/mol. The Labute approximate surface area is 111 Å². The standard InChI is InChI=1S/C7H14N2O2.C6H4F2/c1-8-4-3-7(5-11-2)9-6-10;7-5-3-1-2-4-6(5)8/h6,8H,3-5H2,1-2H3;1-4H. The lowest BCUT2D eigenvalue weighted by atomic mass is 10.3. The number of ether oxygens (including phenoxy) is 1. The van der Waals surface area contributed by atoms with Gasteiger partial charge in [0.25, 0.3) is 0 Å². The van der Waals surface area contributed by atoms with E-state index >= 15 is 0 Å². The van der Waals surface area contributed by atoms with Crippen molar-refractivity contribution in [1.82, 2.24) is 5.32 Å². The van der Waals surface area contributed by atoms with Crippen LogP contribution in [0.1, 0.15) is 6.42 Å². The summed E-state index contributed by atoms with van der Waals surface area (Å²) in [4.78, 5) is 13.6. The van der Waals surface area contributed by atoms with Crippen molar-refractivity contribution in [2.45, 2.75) is 6.42 Å². The van der Waals surface area contributed by atoms with Gasteiger partial charge < -0.3 is 10.1 Å². The number of halogens is 2. The first-order valence-electron chi connectivity index (χ1n) is 5.68. The van der Waals surface area contributed by atoms with Crippen LogP contribution in [0.3, 0.4) is 0 Å². The normalized spacial score (nSPS) is 10.6. The molecule has 0 unspecified atom stereocenters. The van der Waals surface area contributed by atoms with E-state index in [0.29, 0.717) is 13.0 Å². The molecule has 0 aliphatic rings. The van der Waals surface area contributed by atoms with Crippen LogP contribution < -0.4 is 5.32 Å². The van der Waals surface area contributed by atoms with Crippen LogP contribution in [0.25, 0.3) is 0 Å². The van der Waals surface area contributed by atoms with Crippen LogP contribution in [-0.4, -0.2) is 39.4 Å². The van der Waals surface area contributed by atoms with E-state index in [-0.39, 0.29) is 0 Å². The lowest BCUT2D eigenvalue weighted by Gasteiger charge is -2.01. The SMILES string of the molecule is CNCCC(COC)=NC=O.Fc1ccccc1F. The second-order valence-electron chi connectivity index (χ2n) is 3.50. The zero-order valence-corrected chi connectivity index (χ0v) is 11.0. The Morgan fingerprint density at radius 3 is 2.32 bits per heavy atom. The molecule has 0 bridgehead atoms. The molecule has 0 saturated heterocycles. The van der Waals surface area contributed by atoms with Crippen molar-refractivity contribution in [3.05, 3.63) is 35.9 Å². The highest BCUT2D eigenvalue weighted by Gasteiger charge is 1.96. The first kappa shape index (κ1) is 17.3. The number of nitrogens with one attached hydrogen (secondary N) is 1. The van der Waals surface area contributed by atoms with Crippen LogP contribution in [0, 0.1) is 11.6 Å². The number of methoxy groups -OCH3 is 1. The van der Waals surface area contributed by atoms with Crippen LogP contribution in [0.2, 0.25) is 0 Å². The maximum Gasteiger partial charge on any atom is 0.232 e. The Morgan fingerprint density at radius 2 is 1.95 bits per heavy atom. The van der Waals surface area contributed by atoms with Crippen molar-refractivity contribution in [2.24, 2.45) is 4.99 Å². The third-order valence-corrected chi connectivity index (χ3v) is 2.03. The van der Waals surface area contributed by atoms with Crippen molar-refractivity contribution in [2.75, 3.05) is 27.3 Å². The molecule has 1 aromatic rings. The molecular weight excluding hydrogens is 254 g/mol. The van der Waals surface area contributed by atoms with Gasteiger partial charge in [0.2, 0.25) is 6.41 Å². The van der Waals surface area contributed by atoms with Gasteiger partial charge in [-0.2, -0.15) is 0 Å². The molecule has 1 N–H and O–H groups in total. The highest BCUT2D eigenvalue weighted by atomic mass is 19.2. The topological polar surface area (TPSA) is 50.7 Å². The number of carbonyl (C=O) groups excluding carboxylic acids is 1. The Balaban J connectivity index is 0.000000356. The van der Waals surface area contributed by atoms with E-state index in [1.807, 2.05) is 7.05 Å². The molecule has 1 amide bonds. The summed E-state index contributed by atoms with van der Waals surface area (Å²) in [6, 6.07) is 5.04. The van der Waals surface area contributed by atoms with Gasteiger partial charge in [-0.3, -0.25) is 4.79 Å². The fourth-order valence-corrected chi connectivity index (χ4v) is 1.12. The van der Waals surface area contributed by atoms with Gasteiger partial charge in [-0.1, -0.05) is 12.1 Å². The highest BCUT2D eigenvalue weighted by molar-refractivity contribution is 5.90. The van der Waals surface area contributed by atoms with E-state index in [2.05, 4.69) is 10.3 Å². The lowest BCUT2D eigenvalue weighted by Crippen LogP contribution is -2.16. The van der Waals surface area contributed by atoms with E-state index in [9.17, 15) is 13.6 Å². The second-order valence-corrected chi connectivity index (χ2v) is 3.50. The molecule has 0 heterocycles. The molecule has 1 aromatic carbocycles. The molecule has 0 aromatic heterocycles. The predicted octanol–water partition coefficient (Wildman–Crippen LogP) is 1.80. The first-order chi connectivity index (χ1) is 9.15. The van der Waals surface area contributed by atoms with E-state index in [0.717, 1.165) is 30.8 Å². The summed E-state index contributed by atoms with van der Waals surface area (Å²) in [5.74, 6) is -1.60. The third kappa shape index (κ3) is 8.98. The number of aliphatic imine (C=N–C) groups is 1. The lowest BCUT2D eigenvalue weighted by molar-refractivity contribution is -0.106. The molecule has 6 heteroatoms. The Bertz CT molecular complexity index is 377. The van der Waals surface area contributed by atoms with E-state index in [1.54, 1.807) is 7.11 Å². The molecule has 4 nitrogen and oxygen atoms in total. The van der Waals surface area contributed by atoms with Crippen LogP contribution in [0.4, 0.5) is 8.78 Å². The zero-order chi connectivity index (χ0) is 14.5. The third-order valence-electron chi connectivity index (χ3n) is 2.03. The first-order valence-corrected chi connectivity index (χ1v) is 5.68. The van der Waals surface area contributed by atoms with Gasteiger partial charge in [0.1, 0.15) is 0 Å². The van der Waals surface area contributed by atoms with Crippen molar-refractivity contribution in [3.63, 3.8) is 0 Å². The summed E-state index contributed by atoms with van der Waals surface area (Å²) < 4.78 is 28.7. The van der Waals surface area contributed by atoms with Crippen LogP contribution >= 0.6 is 0 Å². The molecule has 0 aliphatic carbocycles. The molecule has 0 atom stereocenters. The minimum atomic E-state index is -0.799. The average Bonchev–Trinajstić information content (AvgIpc) is 2.41. The summed E-state index contributed by atoms with van der Waals surface area (Å²) in [5.41, 5.74) is 0.775. The molecule has 1 rings (SSSR count). The van der Waals surface area contributed by atoms with Crippen molar-refractivity contribution < 1.29 is 18.3 Å². The summed E-state index contributed by atoms with van der Waals surface area (Å²) in [7, 11) is 3.44. The van der Waals surface area contributed by atoms with Crippen molar-refractivity contribution in [3.8, 4) is 0 Å². The predicted molar refractivity (Wildman–Crippen MR) is 70.3 cm³/mol. The van der Waals surface area contributed by atoms with Crippen molar-refractivity contribution >= 4 is 12.1 Å². The van der Waals surface area contributed by atoms with Crippen LogP contribution in [-0.2, 0) is 9.53 Å². The number of rotatable bonds is 6. The Hall–Kier alpha value is -1.66. The van der Waals surface area contributed by atoms with Gasteiger partial charge in [-0.15, -0.1) is 0 Å². The number of carbonyl (C=O) groups is 1.